The van der Waals surface area contributed by atoms with E-state index in [1.54, 1.807) is 0 Å². The van der Waals surface area contributed by atoms with E-state index in [2.05, 4.69) is 0 Å². The van der Waals surface area contributed by atoms with Gasteiger partial charge in [0.1, 0.15) is 24.4 Å². The second kappa shape index (κ2) is 9.23. The monoisotopic (exact) mass is 360 g/mol. The number of hydrogen-bond donors (Lipinski definition) is 3. The SMILES string of the molecule is O[C@@H]1[C@H](O)[C@H](OCc2ccccc2)[C@H](O)O[C@@H]1COCc1ccccc1. The summed E-state index contributed by atoms with van der Waals surface area (Å²) < 4.78 is 16.5. The maximum absolute atomic E-state index is 10.3. The Kier molecular flexibility index (Phi) is 6.73. The van der Waals surface area contributed by atoms with Crippen LogP contribution in [0.3, 0.4) is 0 Å². The molecule has 26 heavy (non-hydrogen) atoms. The van der Waals surface area contributed by atoms with E-state index in [-0.39, 0.29) is 13.2 Å². The van der Waals surface area contributed by atoms with Crippen molar-refractivity contribution in [2.75, 3.05) is 6.61 Å². The van der Waals surface area contributed by atoms with Crippen LogP contribution in [0.4, 0.5) is 0 Å². The second-order valence-corrected chi connectivity index (χ2v) is 6.31. The first kappa shape index (κ1) is 19.0. The molecule has 0 spiro atoms. The summed E-state index contributed by atoms with van der Waals surface area (Å²) in [7, 11) is 0. The molecule has 2 aromatic rings. The van der Waals surface area contributed by atoms with Gasteiger partial charge in [0.05, 0.1) is 19.8 Å². The third-order valence-electron chi connectivity index (χ3n) is 4.34. The standard InChI is InChI=1S/C20H24O6/c21-17-16(13-24-11-14-7-3-1-4-8-14)26-20(23)19(18(17)22)25-12-15-9-5-2-6-10-15/h1-10,16-23H,11-13H2/t16-,17+,18+,19+,20-/m1/s1. The lowest BCUT2D eigenvalue weighted by atomic mass is 9.99. The van der Waals surface area contributed by atoms with Crippen LogP contribution in [0.2, 0.25) is 0 Å². The third-order valence-corrected chi connectivity index (χ3v) is 4.34. The van der Waals surface area contributed by atoms with Gasteiger partial charge in [-0.15, -0.1) is 0 Å². The van der Waals surface area contributed by atoms with Crippen LogP contribution in [0.1, 0.15) is 11.1 Å². The Hall–Kier alpha value is -1.80. The maximum atomic E-state index is 10.3. The van der Waals surface area contributed by atoms with Crippen molar-refractivity contribution in [3.63, 3.8) is 0 Å². The first-order valence-electron chi connectivity index (χ1n) is 8.62. The number of rotatable bonds is 7. The van der Waals surface area contributed by atoms with Crippen molar-refractivity contribution in [3.05, 3.63) is 71.8 Å². The molecule has 2 aromatic carbocycles. The molecule has 0 unspecified atom stereocenters. The van der Waals surface area contributed by atoms with Crippen LogP contribution in [-0.4, -0.2) is 52.6 Å². The van der Waals surface area contributed by atoms with E-state index in [9.17, 15) is 15.3 Å². The van der Waals surface area contributed by atoms with Gasteiger partial charge in [0.2, 0.25) is 0 Å². The predicted octanol–water partition coefficient (Wildman–Crippen LogP) is 1.23. The van der Waals surface area contributed by atoms with Gasteiger partial charge >= 0.3 is 0 Å². The summed E-state index contributed by atoms with van der Waals surface area (Å²) in [6.45, 7) is 0.605. The van der Waals surface area contributed by atoms with Gasteiger partial charge in [-0.3, -0.25) is 0 Å². The van der Waals surface area contributed by atoms with Gasteiger partial charge < -0.3 is 29.5 Å². The van der Waals surface area contributed by atoms with Crippen molar-refractivity contribution >= 4 is 0 Å². The van der Waals surface area contributed by atoms with E-state index in [1.165, 1.54) is 0 Å². The molecule has 6 nitrogen and oxygen atoms in total. The number of aliphatic hydroxyl groups is 3. The smallest absolute Gasteiger partial charge is 0.184 e. The lowest BCUT2D eigenvalue weighted by Gasteiger charge is -2.40. The van der Waals surface area contributed by atoms with Crippen molar-refractivity contribution in [3.8, 4) is 0 Å². The van der Waals surface area contributed by atoms with Gasteiger partial charge in [-0.1, -0.05) is 60.7 Å². The average Bonchev–Trinajstić information content (AvgIpc) is 2.67. The Morgan fingerprint density at radius 3 is 1.96 bits per heavy atom. The first-order chi connectivity index (χ1) is 12.6. The first-order valence-corrected chi connectivity index (χ1v) is 8.62. The van der Waals surface area contributed by atoms with Gasteiger partial charge in [-0.25, -0.2) is 0 Å². The predicted molar refractivity (Wildman–Crippen MR) is 94.0 cm³/mol. The molecule has 3 rings (SSSR count). The molecule has 1 aliphatic heterocycles. The van der Waals surface area contributed by atoms with Crippen LogP contribution in [0.5, 0.6) is 0 Å². The molecule has 0 aromatic heterocycles. The highest BCUT2D eigenvalue weighted by molar-refractivity contribution is 5.14. The third kappa shape index (κ3) is 4.88. The van der Waals surface area contributed by atoms with Crippen LogP contribution < -0.4 is 0 Å². The van der Waals surface area contributed by atoms with E-state index in [1.807, 2.05) is 60.7 Å². The van der Waals surface area contributed by atoms with E-state index >= 15 is 0 Å². The zero-order valence-electron chi connectivity index (χ0n) is 14.3. The van der Waals surface area contributed by atoms with E-state index < -0.39 is 30.7 Å². The maximum Gasteiger partial charge on any atom is 0.184 e. The van der Waals surface area contributed by atoms with Crippen molar-refractivity contribution in [1.29, 1.82) is 0 Å². The highest BCUT2D eigenvalue weighted by Gasteiger charge is 2.44. The van der Waals surface area contributed by atoms with Gasteiger partial charge in [-0.2, -0.15) is 0 Å². The highest BCUT2D eigenvalue weighted by atomic mass is 16.7. The van der Waals surface area contributed by atoms with Gasteiger partial charge in [0.25, 0.3) is 0 Å². The summed E-state index contributed by atoms with van der Waals surface area (Å²) in [5.41, 5.74) is 1.89. The normalized spacial score (nSPS) is 28.8. The summed E-state index contributed by atoms with van der Waals surface area (Å²) in [5, 5.41) is 30.7. The van der Waals surface area contributed by atoms with Gasteiger partial charge in [-0.05, 0) is 11.1 Å². The molecule has 1 saturated heterocycles. The summed E-state index contributed by atoms with van der Waals surface area (Å²) in [6.07, 6.45) is -5.69. The van der Waals surface area contributed by atoms with Gasteiger partial charge in [0.15, 0.2) is 6.29 Å². The molecule has 0 bridgehead atoms. The molecule has 0 saturated carbocycles. The molecule has 0 aliphatic carbocycles. The number of benzene rings is 2. The fraction of sp³-hybridized carbons (Fsp3) is 0.400. The van der Waals surface area contributed by atoms with Gasteiger partial charge in [0, 0.05) is 0 Å². The zero-order chi connectivity index (χ0) is 18.4. The molecule has 0 amide bonds. The average molecular weight is 360 g/mol. The lowest BCUT2D eigenvalue weighted by molar-refractivity contribution is -0.300. The Morgan fingerprint density at radius 1 is 0.769 bits per heavy atom. The van der Waals surface area contributed by atoms with Crippen LogP contribution in [0.15, 0.2) is 60.7 Å². The minimum absolute atomic E-state index is 0.0512. The Balaban J connectivity index is 1.49. The molecule has 0 radical (unpaired) electrons. The zero-order valence-corrected chi connectivity index (χ0v) is 14.3. The summed E-state index contributed by atoms with van der Waals surface area (Å²) in [4.78, 5) is 0. The molecule has 1 heterocycles. The minimum Gasteiger partial charge on any atom is -0.387 e. The molecular formula is C20H24O6. The molecule has 6 heteroatoms. The second-order valence-electron chi connectivity index (χ2n) is 6.31. The Morgan fingerprint density at radius 2 is 1.35 bits per heavy atom. The topological polar surface area (TPSA) is 88.4 Å². The fourth-order valence-corrected chi connectivity index (χ4v) is 2.87. The minimum atomic E-state index is -1.34. The van der Waals surface area contributed by atoms with Crippen molar-refractivity contribution in [1.82, 2.24) is 0 Å². The number of ether oxygens (including phenoxy) is 3. The molecule has 1 aliphatic rings. The van der Waals surface area contributed by atoms with Crippen molar-refractivity contribution in [2.45, 2.75) is 43.9 Å². The van der Waals surface area contributed by atoms with Crippen LogP contribution in [-0.2, 0) is 27.4 Å². The molecule has 140 valence electrons. The summed E-state index contributed by atoms with van der Waals surface area (Å²) >= 11 is 0. The van der Waals surface area contributed by atoms with Crippen LogP contribution in [0, 0.1) is 0 Å². The van der Waals surface area contributed by atoms with E-state index in [4.69, 9.17) is 14.2 Å². The summed E-state index contributed by atoms with van der Waals surface area (Å²) in [5.74, 6) is 0. The van der Waals surface area contributed by atoms with E-state index in [0.29, 0.717) is 6.61 Å². The van der Waals surface area contributed by atoms with Crippen molar-refractivity contribution in [2.24, 2.45) is 0 Å². The quantitative estimate of drug-likeness (QED) is 0.688. The Bertz CT molecular complexity index is 648. The van der Waals surface area contributed by atoms with Crippen LogP contribution in [0.25, 0.3) is 0 Å². The van der Waals surface area contributed by atoms with Crippen molar-refractivity contribution < 1.29 is 29.5 Å². The number of hydrogen-bond acceptors (Lipinski definition) is 6. The molecule has 3 N–H and O–H groups in total. The molecule has 5 atom stereocenters. The number of aliphatic hydroxyl groups excluding tert-OH is 3. The largest absolute Gasteiger partial charge is 0.387 e. The molecule has 1 fully saturated rings. The lowest BCUT2D eigenvalue weighted by Crippen LogP contribution is -2.59. The summed E-state index contributed by atoms with van der Waals surface area (Å²) in [6, 6.07) is 19.0. The Labute approximate surface area is 152 Å². The van der Waals surface area contributed by atoms with Crippen LogP contribution >= 0.6 is 0 Å². The molecular weight excluding hydrogens is 336 g/mol. The fourth-order valence-electron chi connectivity index (χ4n) is 2.87. The highest BCUT2D eigenvalue weighted by Crippen LogP contribution is 2.24. The van der Waals surface area contributed by atoms with E-state index in [0.717, 1.165) is 11.1 Å².